The molecule has 0 unspecified atom stereocenters. The zero-order valence-corrected chi connectivity index (χ0v) is 8.31. The van der Waals surface area contributed by atoms with Crippen molar-refractivity contribution >= 4 is 10.8 Å². The van der Waals surface area contributed by atoms with Gasteiger partial charge in [-0.25, -0.2) is 0 Å². The van der Waals surface area contributed by atoms with Gasteiger partial charge in [0.25, 0.3) is 0 Å². The van der Waals surface area contributed by atoms with Crippen molar-refractivity contribution in [3.63, 3.8) is 0 Å². The van der Waals surface area contributed by atoms with E-state index in [1.54, 1.807) is 12.1 Å². The van der Waals surface area contributed by atoms with Gasteiger partial charge >= 0.3 is 0 Å². The van der Waals surface area contributed by atoms with Crippen molar-refractivity contribution in [3.8, 4) is 11.5 Å². The SMILES string of the molecule is NCCOc1ccc2ccc(O)cc2c1. The van der Waals surface area contributed by atoms with Crippen molar-refractivity contribution in [2.75, 3.05) is 13.2 Å². The number of phenolic OH excluding ortho intramolecular Hbond substituents is 1. The second kappa shape index (κ2) is 4.19. The zero-order chi connectivity index (χ0) is 10.7. The van der Waals surface area contributed by atoms with Crippen molar-refractivity contribution in [3.05, 3.63) is 36.4 Å². The summed E-state index contributed by atoms with van der Waals surface area (Å²) in [7, 11) is 0. The molecular weight excluding hydrogens is 190 g/mol. The highest BCUT2D eigenvalue weighted by molar-refractivity contribution is 5.85. The minimum atomic E-state index is 0.262. The van der Waals surface area contributed by atoms with E-state index in [0.717, 1.165) is 16.5 Å². The fourth-order valence-corrected chi connectivity index (χ4v) is 1.48. The highest BCUT2D eigenvalue weighted by Crippen LogP contribution is 2.24. The molecule has 0 saturated heterocycles. The molecule has 0 aliphatic heterocycles. The number of benzene rings is 2. The largest absolute Gasteiger partial charge is 0.508 e. The van der Waals surface area contributed by atoms with E-state index < -0.39 is 0 Å². The predicted octanol–water partition coefficient (Wildman–Crippen LogP) is 1.88. The Hall–Kier alpha value is -1.74. The minimum absolute atomic E-state index is 0.262. The first-order valence-corrected chi connectivity index (χ1v) is 4.85. The fourth-order valence-electron chi connectivity index (χ4n) is 1.48. The average Bonchev–Trinajstić information content (AvgIpc) is 2.25. The standard InChI is InChI=1S/C12H13NO2/c13-5-6-15-12-4-2-9-1-3-11(14)7-10(9)8-12/h1-4,7-8,14H,5-6,13H2. The van der Waals surface area contributed by atoms with Crippen molar-refractivity contribution in [1.29, 1.82) is 0 Å². The lowest BCUT2D eigenvalue weighted by Gasteiger charge is -2.05. The van der Waals surface area contributed by atoms with Crippen LogP contribution >= 0.6 is 0 Å². The number of nitrogens with two attached hydrogens (primary N) is 1. The molecule has 0 aliphatic rings. The molecule has 0 bridgehead atoms. The Balaban J connectivity index is 2.36. The highest BCUT2D eigenvalue weighted by Gasteiger charge is 1.98. The Morgan fingerprint density at radius 2 is 1.87 bits per heavy atom. The number of ether oxygens (including phenoxy) is 1. The van der Waals surface area contributed by atoms with E-state index in [2.05, 4.69) is 0 Å². The number of rotatable bonds is 3. The zero-order valence-electron chi connectivity index (χ0n) is 8.31. The molecule has 0 aliphatic carbocycles. The van der Waals surface area contributed by atoms with Crippen LogP contribution in [0.2, 0.25) is 0 Å². The molecule has 2 aromatic carbocycles. The third-order valence-electron chi connectivity index (χ3n) is 2.18. The van der Waals surface area contributed by atoms with Crippen LogP contribution in [0.3, 0.4) is 0 Å². The van der Waals surface area contributed by atoms with Crippen LogP contribution in [0.5, 0.6) is 11.5 Å². The second-order valence-corrected chi connectivity index (χ2v) is 3.33. The molecule has 2 rings (SSSR count). The van der Waals surface area contributed by atoms with Gasteiger partial charge in [-0.1, -0.05) is 12.1 Å². The van der Waals surface area contributed by atoms with E-state index in [4.69, 9.17) is 10.5 Å². The van der Waals surface area contributed by atoms with E-state index in [9.17, 15) is 5.11 Å². The van der Waals surface area contributed by atoms with Crippen LogP contribution in [-0.4, -0.2) is 18.3 Å². The summed E-state index contributed by atoms with van der Waals surface area (Å²) in [5, 5.41) is 11.4. The van der Waals surface area contributed by atoms with Crippen LogP contribution in [0.4, 0.5) is 0 Å². The smallest absolute Gasteiger partial charge is 0.120 e. The summed E-state index contributed by atoms with van der Waals surface area (Å²) in [4.78, 5) is 0. The molecule has 2 aromatic rings. The normalized spacial score (nSPS) is 10.5. The topological polar surface area (TPSA) is 55.5 Å². The van der Waals surface area contributed by atoms with Gasteiger partial charge in [0.1, 0.15) is 18.1 Å². The molecule has 3 heteroatoms. The van der Waals surface area contributed by atoms with Gasteiger partial charge in [0, 0.05) is 6.54 Å². The van der Waals surface area contributed by atoms with Gasteiger partial charge in [0.15, 0.2) is 0 Å². The first-order chi connectivity index (χ1) is 7.29. The minimum Gasteiger partial charge on any atom is -0.508 e. The number of phenols is 1. The Labute approximate surface area is 88.1 Å². The molecule has 78 valence electrons. The van der Waals surface area contributed by atoms with Gasteiger partial charge in [-0.2, -0.15) is 0 Å². The van der Waals surface area contributed by atoms with Crippen LogP contribution in [-0.2, 0) is 0 Å². The van der Waals surface area contributed by atoms with Gasteiger partial charge in [0.05, 0.1) is 0 Å². The van der Waals surface area contributed by atoms with Crippen molar-refractivity contribution < 1.29 is 9.84 Å². The Morgan fingerprint density at radius 3 is 2.67 bits per heavy atom. The fraction of sp³-hybridized carbons (Fsp3) is 0.167. The lowest BCUT2D eigenvalue weighted by molar-refractivity contribution is 0.329. The summed E-state index contributed by atoms with van der Waals surface area (Å²) in [6.45, 7) is 1.00. The van der Waals surface area contributed by atoms with Crippen LogP contribution in [0.1, 0.15) is 0 Å². The van der Waals surface area contributed by atoms with E-state index in [1.165, 1.54) is 0 Å². The summed E-state index contributed by atoms with van der Waals surface area (Å²) in [6.07, 6.45) is 0. The molecule has 0 aromatic heterocycles. The van der Waals surface area contributed by atoms with Crippen molar-refractivity contribution in [2.45, 2.75) is 0 Å². The van der Waals surface area contributed by atoms with Gasteiger partial charge < -0.3 is 15.6 Å². The van der Waals surface area contributed by atoms with Crippen LogP contribution < -0.4 is 10.5 Å². The Morgan fingerprint density at radius 1 is 1.07 bits per heavy atom. The van der Waals surface area contributed by atoms with Crippen molar-refractivity contribution in [1.82, 2.24) is 0 Å². The lowest BCUT2D eigenvalue weighted by Crippen LogP contribution is -2.10. The van der Waals surface area contributed by atoms with Crippen molar-refractivity contribution in [2.24, 2.45) is 5.73 Å². The third-order valence-corrected chi connectivity index (χ3v) is 2.18. The molecule has 0 atom stereocenters. The van der Waals surface area contributed by atoms with E-state index >= 15 is 0 Å². The van der Waals surface area contributed by atoms with Gasteiger partial charge in [0.2, 0.25) is 0 Å². The van der Waals surface area contributed by atoms with Gasteiger partial charge in [-0.15, -0.1) is 0 Å². The summed E-state index contributed by atoms with van der Waals surface area (Å²) < 4.78 is 5.40. The molecule has 0 saturated carbocycles. The molecule has 0 heterocycles. The number of fused-ring (bicyclic) bond motifs is 1. The first kappa shape index (κ1) is 9.80. The van der Waals surface area contributed by atoms with Gasteiger partial charge in [-0.05, 0) is 35.0 Å². The van der Waals surface area contributed by atoms with E-state index in [1.807, 2.05) is 24.3 Å². The third kappa shape index (κ3) is 2.19. The Bertz CT molecular complexity index is 468. The van der Waals surface area contributed by atoms with Crippen LogP contribution in [0.15, 0.2) is 36.4 Å². The predicted molar refractivity (Wildman–Crippen MR) is 60.2 cm³/mol. The average molecular weight is 203 g/mol. The quantitative estimate of drug-likeness (QED) is 0.800. The van der Waals surface area contributed by atoms with Gasteiger partial charge in [-0.3, -0.25) is 0 Å². The molecule has 0 fully saturated rings. The number of hydrogen-bond acceptors (Lipinski definition) is 3. The van der Waals surface area contributed by atoms with Crippen LogP contribution in [0, 0.1) is 0 Å². The molecule has 0 spiro atoms. The lowest BCUT2D eigenvalue weighted by atomic mass is 10.1. The summed E-state index contributed by atoms with van der Waals surface area (Å²) in [5.74, 6) is 1.04. The molecular formula is C12H13NO2. The molecule has 3 N–H and O–H groups in total. The number of aromatic hydroxyl groups is 1. The first-order valence-electron chi connectivity index (χ1n) is 4.85. The maximum atomic E-state index is 9.34. The molecule has 0 radical (unpaired) electrons. The molecule has 15 heavy (non-hydrogen) atoms. The summed E-state index contributed by atoms with van der Waals surface area (Å²) in [6, 6.07) is 11.0. The molecule has 0 amide bonds. The van der Waals surface area contributed by atoms with Crippen LogP contribution in [0.25, 0.3) is 10.8 Å². The number of hydrogen-bond donors (Lipinski definition) is 2. The monoisotopic (exact) mass is 203 g/mol. The summed E-state index contributed by atoms with van der Waals surface area (Å²) in [5.41, 5.74) is 5.35. The van der Waals surface area contributed by atoms with E-state index in [-0.39, 0.29) is 5.75 Å². The Kier molecular flexibility index (Phi) is 2.74. The highest BCUT2D eigenvalue weighted by atomic mass is 16.5. The second-order valence-electron chi connectivity index (χ2n) is 3.33. The molecule has 3 nitrogen and oxygen atoms in total. The maximum Gasteiger partial charge on any atom is 0.120 e. The summed E-state index contributed by atoms with van der Waals surface area (Å²) >= 11 is 0. The maximum absolute atomic E-state index is 9.34. The van der Waals surface area contributed by atoms with E-state index in [0.29, 0.717) is 13.2 Å².